The van der Waals surface area contributed by atoms with Crippen molar-refractivity contribution in [2.75, 3.05) is 0 Å². The summed E-state index contributed by atoms with van der Waals surface area (Å²) >= 11 is 0. The molecule has 0 spiro atoms. The van der Waals surface area contributed by atoms with Crippen LogP contribution in [0.4, 0.5) is 0 Å². The number of para-hydroxylation sites is 3. The Morgan fingerprint density at radius 2 is 0.951 bits per heavy atom. The minimum absolute atomic E-state index is 0.0283. The molecule has 5 heterocycles. The summed E-state index contributed by atoms with van der Waals surface area (Å²) in [6, 6.07) is 52.5. The van der Waals surface area contributed by atoms with E-state index in [1.807, 2.05) is 121 Å². The van der Waals surface area contributed by atoms with E-state index in [1.165, 1.54) is 42.7 Å². The van der Waals surface area contributed by atoms with E-state index in [9.17, 15) is 11.0 Å². The van der Waals surface area contributed by atoms with E-state index >= 15 is 0 Å². The highest BCUT2D eigenvalue weighted by Gasteiger charge is 2.18. The highest BCUT2D eigenvalue weighted by Crippen LogP contribution is 2.36. The Labute approximate surface area is 365 Å². The van der Waals surface area contributed by atoms with Gasteiger partial charge in [-0.05, 0) is 89.2 Å². The second-order valence-corrected chi connectivity index (χ2v) is 14.7. The molecule has 6 heteroatoms. The zero-order chi connectivity index (χ0) is 47.7. The molecule has 6 nitrogen and oxygen atoms in total. The van der Waals surface area contributed by atoms with Gasteiger partial charge in [-0.1, -0.05) is 146 Å². The predicted octanol–water partition coefficient (Wildman–Crippen LogP) is 12.6. The van der Waals surface area contributed by atoms with Crippen LogP contribution in [-0.4, -0.2) is 29.3 Å². The Bertz CT molecular complexity index is 3610. The minimum atomic E-state index is -2.82. The van der Waals surface area contributed by atoms with Crippen LogP contribution in [0.5, 0.6) is 0 Å². The Morgan fingerprint density at radius 1 is 0.393 bits per heavy atom. The van der Waals surface area contributed by atoms with Crippen LogP contribution in [-0.2, 0) is 25.5 Å². The fraction of sp³-hybridized carbons (Fsp3) is 0.0727. The molecule has 5 aromatic heterocycles. The van der Waals surface area contributed by atoms with Crippen molar-refractivity contribution in [1.29, 1.82) is 0 Å². The maximum atomic E-state index is 9.61. The first-order valence-electron chi connectivity index (χ1n) is 24.0. The highest BCUT2D eigenvalue weighted by molar-refractivity contribution is 6.10. The van der Waals surface area contributed by atoms with Crippen molar-refractivity contribution in [2.24, 2.45) is 0 Å². The number of fused-ring (bicyclic) bond motifs is 8. The quantitative estimate of drug-likeness (QED) is 0.129. The third kappa shape index (κ3) is 7.08. The molecule has 11 aromatic rings. The normalized spacial score (nSPS) is 14.4. The second-order valence-electron chi connectivity index (χ2n) is 14.7. The molecule has 0 bridgehead atoms. The average molecular weight is 793 g/mol. The molecule has 0 atom stereocenters. The first kappa shape index (κ1) is 28.6. The molecule has 0 N–H and O–H groups in total. The van der Waals surface area contributed by atoms with E-state index < -0.39 is 25.5 Å². The molecule has 0 unspecified atom stereocenters. The van der Waals surface area contributed by atoms with Crippen molar-refractivity contribution in [3.8, 4) is 44.9 Å². The van der Waals surface area contributed by atoms with E-state index in [-0.39, 0.29) is 22.3 Å². The summed E-state index contributed by atoms with van der Waals surface area (Å²) in [4.78, 5) is 24.3. The van der Waals surface area contributed by atoms with Gasteiger partial charge in [0.15, 0.2) is 5.65 Å². The molecule has 0 aliphatic heterocycles. The fourth-order valence-electron chi connectivity index (χ4n) is 7.84. The van der Waals surface area contributed by atoms with Gasteiger partial charge < -0.3 is 0 Å². The van der Waals surface area contributed by atoms with Gasteiger partial charge in [-0.2, -0.15) is 0 Å². The number of aryl methyl sites for hydroxylation is 4. The predicted molar refractivity (Wildman–Crippen MR) is 248 cm³/mol. The van der Waals surface area contributed by atoms with Crippen molar-refractivity contribution in [1.82, 2.24) is 29.3 Å². The average Bonchev–Trinajstić information content (AvgIpc) is 3.79. The Hall–Kier alpha value is -7.83. The Kier molecular flexibility index (Phi) is 7.37. The van der Waals surface area contributed by atoms with Gasteiger partial charge in [0.1, 0.15) is 11.0 Å². The first-order valence-corrected chi connectivity index (χ1v) is 20.0. The molecule has 290 valence electrons. The number of nitrogens with zero attached hydrogens (tertiary/aromatic N) is 6. The van der Waals surface area contributed by atoms with Crippen molar-refractivity contribution < 1.29 is 11.0 Å². The van der Waals surface area contributed by atoms with Crippen LogP contribution in [0.2, 0.25) is 0 Å². The molecule has 0 aliphatic carbocycles. The Balaban J connectivity index is 1.08. The van der Waals surface area contributed by atoms with E-state index in [0.29, 0.717) is 50.5 Å². The van der Waals surface area contributed by atoms with Crippen molar-refractivity contribution in [3.63, 3.8) is 0 Å². The third-order valence-corrected chi connectivity index (χ3v) is 10.8. The summed E-state index contributed by atoms with van der Waals surface area (Å²) in [5.41, 5.74) is 8.65. The van der Waals surface area contributed by atoms with Gasteiger partial charge in [0.2, 0.25) is 0 Å². The summed E-state index contributed by atoms with van der Waals surface area (Å²) in [6.07, 6.45) is -6.73. The highest BCUT2D eigenvalue weighted by atomic mass is 15.0. The number of hydrogen-bond donors (Lipinski definition) is 0. The number of aromatic nitrogens is 6. The summed E-state index contributed by atoms with van der Waals surface area (Å²) in [6.45, 7) is 0. The standard InChI is InChI=1S/C55H40N6/c1-3-13-41(14-4-1)47-29-27-37(34-56-47)23-25-39-31-40(26-24-38-28-30-48(57-35-38)42-15-5-2-6-16-42)33-43(32-39)44-17-7-8-18-45(44)50-36-58-53-46-19-9-11-21-51(46)61-52-22-12-10-20-49(52)60-55(61)54(53)59-50/h1-22,27-36H,23-26H2/i23D2,24D2,25D2,26D2. The fourth-order valence-corrected chi connectivity index (χ4v) is 7.84. The lowest BCUT2D eigenvalue weighted by atomic mass is 9.91. The molecule has 0 fully saturated rings. The van der Waals surface area contributed by atoms with Gasteiger partial charge in [0.05, 0.1) is 39.8 Å². The zero-order valence-electron chi connectivity index (χ0n) is 40.7. The molecule has 6 aromatic carbocycles. The maximum absolute atomic E-state index is 9.61. The largest absolute Gasteiger partial charge is 0.290 e. The molecular weight excluding hydrogens is 745 g/mol. The smallest absolute Gasteiger partial charge is 0.166 e. The molecule has 0 saturated carbocycles. The van der Waals surface area contributed by atoms with Gasteiger partial charge in [0, 0.05) is 45.4 Å². The first-order chi connectivity index (χ1) is 33.2. The minimum Gasteiger partial charge on any atom is -0.290 e. The number of benzene rings is 6. The van der Waals surface area contributed by atoms with Crippen molar-refractivity contribution >= 4 is 38.6 Å². The van der Waals surface area contributed by atoms with E-state index in [4.69, 9.17) is 15.0 Å². The number of pyridine rings is 3. The molecule has 0 radical (unpaired) electrons. The maximum Gasteiger partial charge on any atom is 0.166 e. The van der Waals surface area contributed by atoms with Crippen LogP contribution in [0.25, 0.3) is 83.5 Å². The van der Waals surface area contributed by atoms with Gasteiger partial charge in [-0.3, -0.25) is 19.4 Å². The number of rotatable bonds is 10. The van der Waals surface area contributed by atoms with Crippen LogP contribution < -0.4 is 0 Å². The zero-order valence-corrected chi connectivity index (χ0v) is 32.7. The lowest BCUT2D eigenvalue weighted by Crippen LogP contribution is -1.99. The van der Waals surface area contributed by atoms with Crippen molar-refractivity contribution in [3.05, 3.63) is 217 Å². The monoisotopic (exact) mass is 792 g/mol. The molecule has 0 saturated heterocycles. The SMILES string of the molecule is [2H]C([2H])(c1ccc(-c2ccccc2)nc1)C([2H])([2H])c1cc(-c2ccccc2-c2cnc3c4ccccc4n4c5ccccc5nc4c3n2)cc(C([2H])([2H])C([2H])([2H])c2ccc(-c3ccccc3)nc2)c1. The van der Waals surface area contributed by atoms with E-state index in [1.54, 1.807) is 30.5 Å². The van der Waals surface area contributed by atoms with Crippen LogP contribution >= 0.6 is 0 Å². The van der Waals surface area contributed by atoms with E-state index in [2.05, 4.69) is 14.4 Å². The van der Waals surface area contributed by atoms with Gasteiger partial charge in [0.25, 0.3) is 0 Å². The molecule has 0 aliphatic rings. The van der Waals surface area contributed by atoms with Crippen molar-refractivity contribution in [2.45, 2.75) is 25.5 Å². The number of imidazole rings is 1. The third-order valence-electron chi connectivity index (χ3n) is 10.8. The van der Waals surface area contributed by atoms with Crippen LogP contribution in [0.15, 0.2) is 195 Å². The Morgan fingerprint density at radius 3 is 1.59 bits per heavy atom. The lowest BCUT2D eigenvalue weighted by Gasteiger charge is -2.15. The second kappa shape index (κ2) is 15.7. The van der Waals surface area contributed by atoms with Crippen LogP contribution in [0.3, 0.4) is 0 Å². The summed E-state index contributed by atoms with van der Waals surface area (Å²) in [5.74, 6) is 0. The topological polar surface area (TPSA) is 68.9 Å². The summed E-state index contributed by atoms with van der Waals surface area (Å²) in [7, 11) is 0. The van der Waals surface area contributed by atoms with Gasteiger partial charge >= 0.3 is 0 Å². The van der Waals surface area contributed by atoms with E-state index in [0.717, 1.165) is 33.1 Å². The molecular formula is C55H40N6. The molecule has 0 amide bonds. The lowest BCUT2D eigenvalue weighted by molar-refractivity contribution is 0.923. The van der Waals surface area contributed by atoms with Gasteiger partial charge in [-0.15, -0.1) is 0 Å². The van der Waals surface area contributed by atoms with Crippen LogP contribution in [0.1, 0.15) is 33.2 Å². The molecule has 61 heavy (non-hydrogen) atoms. The van der Waals surface area contributed by atoms with Crippen LogP contribution in [0, 0.1) is 0 Å². The summed E-state index contributed by atoms with van der Waals surface area (Å²) < 4.78 is 78.1. The number of hydrogen-bond acceptors (Lipinski definition) is 5. The molecule has 11 rings (SSSR count). The summed E-state index contributed by atoms with van der Waals surface area (Å²) in [5, 5.41) is 0.885. The van der Waals surface area contributed by atoms with Gasteiger partial charge in [-0.25, -0.2) is 9.97 Å².